The molecule has 0 unspecified atom stereocenters. The van der Waals surface area contributed by atoms with E-state index in [0.717, 1.165) is 6.08 Å². The number of halogens is 2. The van der Waals surface area contributed by atoms with Crippen molar-refractivity contribution in [2.75, 3.05) is 5.32 Å². The highest BCUT2D eigenvalue weighted by atomic mass is 79.9. The van der Waals surface area contributed by atoms with Gasteiger partial charge in [0.15, 0.2) is 0 Å². The molecule has 3 N–H and O–H groups in total. The minimum Gasteiger partial charge on any atom is -0.506 e. The second kappa shape index (κ2) is 11.0. The second-order valence-electron chi connectivity index (χ2n) is 6.44. The molecular formula is C21H21Br2NO5. The quantitative estimate of drug-likeness (QED) is 0.352. The number of phenolic OH excluding ortho intramolecular Hbond substituents is 1. The number of anilines is 1. The number of carbonyl (C=O) groups is 2. The molecule has 0 saturated carbocycles. The summed E-state index contributed by atoms with van der Waals surface area (Å²) in [5.41, 5.74) is 1.04. The standard InChI is InChI=1S/C21H21Br2NO5/c1-13(7-5-6-10-18(25)26)20(16-11-14(22)12-17(23)19(16)27)29-21(28)24-15-8-3-2-4-9-15/h2-4,6,8-13,20,27H,5,7H2,1H3,(H,24,28)(H,25,26)/b10-6+/t13-,20+/m1/s1. The largest absolute Gasteiger partial charge is 0.506 e. The average molecular weight is 527 g/mol. The van der Waals surface area contributed by atoms with E-state index < -0.39 is 18.2 Å². The van der Waals surface area contributed by atoms with Crippen LogP contribution in [0.15, 0.2) is 63.6 Å². The van der Waals surface area contributed by atoms with E-state index in [2.05, 4.69) is 37.2 Å². The zero-order valence-electron chi connectivity index (χ0n) is 15.6. The van der Waals surface area contributed by atoms with Gasteiger partial charge in [-0.2, -0.15) is 0 Å². The zero-order valence-corrected chi connectivity index (χ0v) is 18.8. The molecule has 0 aliphatic heterocycles. The lowest BCUT2D eigenvalue weighted by Gasteiger charge is -2.26. The minimum absolute atomic E-state index is 0.0151. The van der Waals surface area contributed by atoms with Crippen molar-refractivity contribution in [3.05, 3.63) is 69.1 Å². The first-order valence-corrected chi connectivity index (χ1v) is 10.5. The number of aromatic hydroxyl groups is 1. The molecule has 2 atom stereocenters. The van der Waals surface area contributed by atoms with E-state index in [1.807, 2.05) is 13.0 Å². The van der Waals surface area contributed by atoms with Crippen LogP contribution in [0.25, 0.3) is 0 Å². The van der Waals surface area contributed by atoms with Crippen LogP contribution in [0.2, 0.25) is 0 Å². The number of amides is 1. The fraction of sp³-hybridized carbons (Fsp3) is 0.238. The molecule has 1 amide bonds. The number of ether oxygens (including phenoxy) is 1. The van der Waals surface area contributed by atoms with Crippen molar-refractivity contribution in [1.29, 1.82) is 0 Å². The SMILES string of the molecule is C[C@H](CC/C=C/C(=O)O)[C@H](OC(=O)Nc1ccccc1)c1cc(Br)cc(Br)c1O. The van der Waals surface area contributed by atoms with Gasteiger partial charge >= 0.3 is 12.1 Å². The molecule has 154 valence electrons. The highest BCUT2D eigenvalue weighted by Crippen LogP contribution is 2.40. The lowest BCUT2D eigenvalue weighted by Crippen LogP contribution is -2.22. The monoisotopic (exact) mass is 525 g/mol. The van der Waals surface area contributed by atoms with E-state index in [0.29, 0.717) is 33.0 Å². The zero-order chi connectivity index (χ0) is 21.4. The van der Waals surface area contributed by atoms with E-state index in [1.165, 1.54) is 0 Å². The molecule has 0 aliphatic carbocycles. The number of hydrogen-bond acceptors (Lipinski definition) is 4. The summed E-state index contributed by atoms with van der Waals surface area (Å²) in [7, 11) is 0. The molecule has 0 spiro atoms. The summed E-state index contributed by atoms with van der Waals surface area (Å²) in [6.07, 6.45) is 2.28. The summed E-state index contributed by atoms with van der Waals surface area (Å²) in [4.78, 5) is 23.1. The van der Waals surface area contributed by atoms with Crippen molar-refractivity contribution < 1.29 is 24.5 Å². The maximum absolute atomic E-state index is 12.5. The van der Waals surface area contributed by atoms with E-state index in [-0.39, 0.29) is 11.7 Å². The number of phenols is 1. The molecule has 29 heavy (non-hydrogen) atoms. The molecule has 2 rings (SSSR count). The Morgan fingerprint density at radius 3 is 2.55 bits per heavy atom. The summed E-state index contributed by atoms with van der Waals surface area (Å²) >= 11 is 6.69. The van der Waals surface area contributed by atoms with Crippen molar-refractivity contribution in [3.8, 4) is 5.75 Å². The Morgan fingerprint density at radius 1 is 1.21 bits per heavy atom. The van der Waals surface area contributed by atoms with Crippen molar-refractivity contribution in [1.82, 2.24) is 0 Å². The van der Waals surface area contributed by atoms with Crippen LogP contribution < -0.4 is 5.32 Å². The van der Waals surface area contributed by atoms with Gasteiger partial charge in [0.1, 0.15) is 11.9 Å². The number of hydrogen-bond donors (Lipinski definition) is 3. The number of benzene rings is 2. The number of para-hydroxylation sites is 1. The Bertz CT molecular complexity index is 886. The fourth-order valence-corrected chi connectivity index (χ4v) is 4.03. The predicted molar refractivity (Wildman–Crippen MR) is 118 cm³/mol. The Hall–Kier alpha value is -2.32. The van der Waals surface area contributed by atoms with Crippen molar-refractivity contribution in [2.45, 2.75) is 25.9 Å². The van der Waals surface area contributed by atoms with Gasteiger partial charge in [-0.25, -0.2) is 9.59 Å². The van der Waals surface area contributed by atoms with Gasteiger partial charge in [-0.1, -0.05) is 47.1 Å². The van der Waals surface area contributed by atoms with Crippen LogP contribution in [-0.2, 0) is 9.53 Å². The topological polar surface area (TPSA) is 95.9 Å². The fourth-order valence-electron chi connectivity index (χ4n) is 2.77. The molecule has 2 aromatic rings. The number of carboxylic acid groups (broad SMARTS) is 1. The molecular weight excluding hydrogens is 506 g/mol. The van der Waals surface area contributed by atoms with Gasteiger partial charge in [-0.05, 0) is 59.0 Å². The number of allylic oxidation sites excluding steroid dienone is 1. The highest BCUT2D eigenvalue weighted by Gasteiger charge is 2.27. The summed E-state index contributed by atoms with van der Waals surface area (Å²) in [5.74, 6) is -1.22. The minimum atomic E-state index is -1.01. The lowest BCUT2D eigenvalue weighted by molar-refractivity contribution is -0.131. The predicted octanol–water partition coefficient (Wildman–Crippen LogP) is 6.26. The normalized spacial score (nSPS) is 13.1. The maximum Gasteiger partial charge on any atom is 0.412 e. The van der Waals surface area contributed by atoms with Crippen LogP contribution in [0.1, 0.15) is 31.4 Å². The van der Waals surface area contributed by atoms with Crippen LogP contribution in [0.3, 0.4) is 0 Å². The van der Waals surface area contributed by atoms with E-state index >= 15 is 0 Å². The Morgan fingerprint density at radius 2 is 1.90 bits per heavy atom. The van der Waals surface area contributed by atoms with E-state index in [4.69, 9.17) is 9.84 Å². The molecule has 0 aromatic heterocycles. The van der Waals surface area contributed by atoms with Gasteiger partial charge in [0, 0.05) is 21.8 Å². The molecule has 0 bridgehead atoms. The summed E-state index contributed by atoms with van der Waals surface area (Å²) in [6, 6.07) is 12.3. The van der Waals surface area contributed by atoms with Crippen LogP contribution in [0, 0.1) is 5.92 Å². The Kier molecular flexibility index (Phi) is 8.72. The first-order chi connectivity index (χ1) is 13.8. The Labute approximate surface area is 185 Å². The molecule has 0 saturated heterocycles. The van der Waals surface area contributed by atoms with Crippen LogP contribution in [-0.4, -0.2) is 22.3 Å². The molecule has 0 heterocycles. The van der Waals surface area contributed by atoms with Gasteiger partial charge in [0.2, 0.25) is 0 Å². The summed E-state index contributed by atoms with van der Waals surface area (Å²) in [6.45, 7) is 1.88. The number of carbonyl (C=O) groups excluding carboxylic acids is 1. The smallest absolute Gasteiger partial charge is 0.412 e. The summed E-state index contributed by atoms with van der Waals surface area (Å²) in [5, 5.41) is 21.9. The third kappa shape index (κ3) is 7.21. The first-order valence-electron chi connectivity index (χ1n) is 8.88. The second-order valence-corrected chi connectivity index (χ2v) is 8.21. The molecule has 2 aromatic carbocycles. The third-order valence-corrected chi connectivity index (χ3v) is 5.25. The van der Waals surface area contributed by atoms with Crippen LogP contribution in [0.5, 0.6) is 5.75 Å². The average Bonchev–Trinajstić information content (AvgIpc) is 2.67. The molecule has 6 nitrogen and oxygen atoms in total. The van der Waals surface area contributed by atoms with Gasteiger partial charge in [0.25, 0.3) is 0 Å². The third-order valence-electron chi connectivity index (χ3n) is 4.18. The number of nitrogens with one attached hydrogen (secondary N) is 1. The Balaban J connectivity index is 2.23. The van der Waals surface area contributed by atoms with Gasteiger partial charge < -0.3 is 14.9 Å². The first kappa shape index (κ1) is 23.0. The highest BCUT2D eigenvalue weighted by molar-refractivity contribution is 9.11. The van der Waals surface area contributed by atoms with Crippen molar-refractivity contribution in [3.63, 3.8) is 0 Å². The van der Waals surface area contributed by atoms with Gasteiger partial charge in [-0.3, -0.25) is 5.32 Å². The van der Waals surface area contributed by atoms with Crippen LogP contribution >= 0.6 is 31.9 Å². The lowest BCUT2D eigenvalue weighted by atomic mass is 9.92. The molecule has 0 aliphatic rings. The van der Waals surface area contributed by atoms with Crippen molar-refractivity contribution >= 4 is 49.6 Å². The maximum atomic E-state index is 12.5. The molecule has 8 heteroatoms. The van der Waals surface area contributed by atoms with Crippen molar-refractivity contribution in [2.24, 2.45) is 5.92 Å². The molecule has 0 fully saturated rings. The van der Waals surface area contributed by atoms with E-state index in [9.17, 15) is 14.7 Å². The molecule has 0 radical (unpaired) electrons. The van der Waals surface area contributed by atoms with E-state index in [1.54, 1.807) is 42.5 Å². The van der Waals surface area contributed by atoms with Gasteiger partial charge in [-0.15, -0.1) is 0 Å². The number of aliphatic carboxylic acids is 1. The van der Waals surface area contributed by atoms with Gasteiger partial charge in [0.05, 0.1) is 4.47 Å². The number of rotatable bonds is 8. The number of carboxylic acids is 1. The summed E-state index contributed by atoms with van der Waals surface area (Å²) < 4.78 is 6.86. The van der Waals surface area contributed by atoms with Crippen LogP contribution in [0.4, 0.5) is 10.5 Å².